The van der Waals surface area contributed by atoms with Gasteiger partial charge in [0.1, 0.15) is 11.5 Å². The molecule has 0 aromatic carbocycles. The third kappa shape index (κ3) is 7.10. The minimum atomic E-state index is -4.54. The Bertz CT molecular complexity index is 1730. The van der Waals surface area contributed by atoms with Crippen molar-refractivity contribution in [2.24, 2.45) is 5.92 Å². The molecule has 4 heterocycles. The van der Waals surface area contributed by atoms with Gasteiger partial charge in [-0.25, -0.2) is 15.0 Å². The Balaban J connectivity index is 0.00000123. The number of alkyl halides is 3. The number of rotatable bonds is 8. The molecule has 2 aliphatic carbocycles. The van der Waals surface area contributed by atoms with Crippen LogP contribution in [0.25, 0.3) is 22.2 Å². The first-order valence-electron chi connectivity index (χ1n) is 14.4. The van der Waals surface area contributed by atoms with E-state index in [1.54, 1.807) is 59.9 Å². The molecule has 1 N–H and O–H groups in total. The van der Waals surface area contributed by atoms with Gasteiger partial charge >= 0.3 is 6.18 Å². The number of hydrogen-bond donors (Lipinski definition) is 1. The molecule has 0 spiro atoms. The average Bonchev–Trinajstić information content (AvgIpc) is 3.73. The highest BCUT2D eigenvalue weighted by Crippen LogP contribution is 2.37. The molecule has 2 fully saturated rings. The largest absolute Gasteiger partial charge is 0.434 e. The molecule has 1 saturated heterocycles. The molecule has 44 heavy (non-hydrogen) atoms. The molecule has 3 aliphatic rings. The smallest absolute Gasteiger partial charge is 0.394 e. The van der Waals surface area contributed by atoms with E-state index in [9.17, 15) is 18.0 Å². The number of nitrogens with one attached hydrogen (secondary N) is 1. The number of methoxy groups -OCH3 is 1. The molecule has 6 rings (SSSR count). The summed E-state index contributed by atoms with van der Waals surface area (Å²) in [4.78, 5) is 28.4. The van der Waals surface area contributed by atoms with Crippen molar-refractivity contribution in [2.45, 2.75) is 38.0 Å². The van der Waals surface area contributed by atoms with Crippen molar-refractivity contribution in [3.63, 3.8) is 0 Å². The van der Waals surface area contributed by atoms with Gasteiger partial charge in [0.15, 0.2) is 11.5 Å². The molecule has 12 heteroatoms. The predicted molar refractivity (Wildman–Crippen MR) is 164 cm³/mol. The lowest BCUT2D eigenvalue weighted by Gasteiger charge is -2.37. The van der Waals surface area contributed by atoms with Crippen LogP contribution in [0.3, 0.4) is 0 Å². The Morgan fingerprint density at radius 1 is 1.18 bits per heavy atom. The van der Waals surface area contributed by atoms with Crippen molar-refractivity contribution >= 4 is 22.2 Å². The summed E-state index contributed by atoms with van der Waals surface area (Å²) >= 11 is 0. The van der Waals surface area contributed by atoms with E-state index >= 15 is 0 Å². The van der Waals surface area contributed by atoms with Crippen LogP contribution in [-0.2, 0) is 17.5 Å². The second-order valence-electron chi connectivity index (χ2n) is 11.3. The standard InChI is InChI=1S/C30H30F3N7O.C2H6O/c1-34-13-23(12-19-6-7-19)27-35-14-22-10-11-26(41)40(29(22)37-27)15-20-4-3-5-21(9-8-20)28-36-25(30(31,32)33)18-39(28)24-16-38(2)17-24;1-3-2/h3,5,8-11,13-14,18-19,24,34H,6-7,12,15-17H2,1-2H3;1-2H3/b23-13+;. The summed E-state index contributed by atoms with van der Waals surface area (Å²) in [5.74, 6) is 1.47. The number of allylic oxidation sites excluding steroid dienone is 6. The molecule has 0 atom stereocenters. The fourth-order valence-corrected chi connectivity index (χ4v) is 5.22. The van der Waals surface area contributed by atoms with E-state index in [1.165, 1.54) is 18.9 Å². The van der Waals surface area contributed by atoms with E-state index in [1.807, 2.05) is 25.2 Å². The van der Waals surface area contributed by atoms with Crippen molar-refractivity contribution in [1.29, 1.82) is 0 Å². The van der Waals surface area contributed by atoms with Crippen molar-refractivity contribution in [1.82, 2.24) is 34.3 Å². The number of likely N-dealkylation sites (tertiary alicyclic amines) is 1. The van der Waals surface area contributed by atoms with Crippen LogP contribution in [-0.4, -0.2) is 70.4 Å². The monoisotopic (exact) mass is 607 g/mol. The zero-order valence-electron chi connectivity index (χ0n) is 25.2. The minimum absolute atomic E-state index is 0.0857. The van der Waals surface area contributed by atoms with Crippen LogP contribution >= 0.6 is 0 Å². The Morgan fingerprint density at radius 2 is 1.93 bits per heavy atom. The molecule has 9 nitrogen and oxygen atoms in total. The lowest BCUT2D eigenvalue weighted by molar-refractivity contribution is -0.141. The predicted octanol–water partition coefficient (Wildman–Crippen LogP) is 4.85. The normalized spacial score (nSPS) is 17.5. The summed E-state index contributed by atoms with van der Waals surface area (Å²) in [6, 6.07) is 3.11. The quantitative estimate of drug-likeness (QED) is 0.366. The molecular formula is C32H36F3N7O2. The van der Waals surface area contributed by atoms with Crippen molar-refractivity contribution in [3.8, 4) is 0 Å². The zero-order chi connectivity index (χ0) is 31.4. The first-order valence-corrected chi connectivity index (χ1v) is 14.4. The summed E-state index contributed by atoms with van der Waals surface area (Å²) in [6.45, 7) is 1.48. The molecule has 1 aliphatic heterocycles. The van der Waals surface area contributed by atoms with Crippen LogP contribution in [0.5, 0.6) is 0 Å². The molecule has 3 aromatic rings. The molecule has 0 amide bonds. The minimum Gasteiger partial charge on any atom is -0.394 e. The molecule has 3 aromatic heterocycles. The van der Waals surface area contributed by atoms with Gasteiger partial charge in [-0.2, -0.15) is 13.2 Å². The number of aromatic nitrogens is 5. The van der Waals surface area contributed by atoms with Crippen LogP contribution in [0.1, 0.15) is 42.6 Å². The molecular weight excluding hydrogens is 571 g/mol. The fraction of sp³-hybridized carbons (Fsp3) is 0.406. The highest BCUT2D eigenvalue weighted by Gasteiger charge is 2.37. The number of hydrogen-bond acceptors (Lipinski definition) is 7. The van der Waals surface area contributed by atoms with E-state index < -0.39 is 11.9 Å². The van der Waals surface area contributed by atoms with Crippen molar-refractivity contribution in [2.75, 3.05) is 41.4 Å². The Morgan fingerprint density at radius 3 is 2.59 bits per heavy atom. The van der Waals surface area contributed by atoms with Gasteiger partial charge in [0.2, 0.25) is 0 Å². The third-order valence-electron chi connectivity index (χ3n) is 7.58. The van der Waals surface area contributed by atoms with Gasteiger partial charge in [-0.05, 0) is 56.5 Å². The SMILES string of the molecule is CN/C=C(\CC1CC1)c1ncc2ccc(=O)n(CC3=C=CC=C(c4nc(C(F)(F)F)cn4C4CN(C)C4)C=C3)c2n1.COC. The lowest BCUT2D eigenvalue weighted by atomic mass is 10.1. The number of halogens is 3. The maximum absolute atomic E-state index is 13.5. The van der Waals surface area contributed by atoms with Gasteiger partial charge in [-0.15, -0.1) is 5.73 Å². The molecule has 0 bridgehead atoms. The highest BCUT2D eigenvalue weighted by molar-refractivity contribution is 5.76. The van der Waals surface area contributed by atoms with Gasteiger partial charge in [0, 0.05) is 81.1 Å². The molecule has 232 valence electrons. The van der Waals surface area contributed by atoms with Crippen LogP contribution < -0.4 is 10.9 Å². The Hall–Kier alpha value is -4.25. The van der Waals surface area contributed by atoms with Crippen LogP contribution in [0.4, 0.5) is 13.2 Å². The maximum Gasteiger partial charge on any atom is 0.434 e. The van der Waals surface area contributed by atoms with Gasteiger partial charge in [-0.1, -0.05) is 6.08 Å². The van der Waals surface area contributed by atoms with Gasteiger partial charge in [0.05, 0.1) is 12.6 Å². The van der Waals surface area contributed by atoms with Crippen LogP contribution in [0, 0.1) is 5.92 Å². The average molecular weight is 608 g/mol. The fourth-order valence-electron chi connectivity index (χ4n) is 5.22. The highest BCUT2D eigenvalue weighted by atomic mass is 19.4. The number of imidazole rings is 1. The van der Waals surface area contributed by atoms with Gasteiger partial charge < -0.3 is 19.5 Å². The number of pyridine rings is 1. The lowest BCUT2D eigenvalue weighted by Crippen LogP contribution is -2.45. The molecule has 0 radical (unpaired) electrons. The van der Waals surface area contributed by atoms with E-state index in [4.69, 9.17) is 4.98 Å². The third-order valence-corrected chi connectivity index (χ3v) is 7.58. The summed E-state index contributed by atoms with van der Waals surface area (Å²) in [5.41, 5.74) is 4.76. The zero-order valence-corrected chi connectivity index (χ0v) is 25.2. The van der Waals surface area contributed by atoms with Crippen molar-refractivity contribution in [3.05, 3.63) is 94.0 Å². The van der Waals surface area contributed by atoms with E-state index in [-0.39, 0.29) is 24.0 Å². The van der Waals surface area contributed by atoms with Crippen LogP contribution in [0.15, 0.2) is 71.1 Å². The summed E-state index contributed by atoms with van der Waals surface area (Å²) in [6.07, 6.45) is 10.3. The van der Waals surface area contributed by atoms with Crippen LogP contribution in [0.2, 0.25) is 0 Å². The Kier molecular flexibility index (Phi) is 9.33. The molecule has 0 unspecified atom stereocenters. The second-order valence-corrected chi connectivity index (χ2v) is 11.3. The number of likely N-dealkylation sites (N-methyl/N-ethyl adjacent to an activating group) is 1. The Labute approximate surface area is 253 Å². The summed E-state index contributed by atoms with van der Waals surface area (Å²) < 4.78 is 48.1. The van der Waals surface area contributed by atoms with E-state index in [0.29, 0.717) is 41.6 Å². The maximum atomic E-state index is 13.5. The van der Waals surface area contributed by atoms with Gasteiger partial charge in [-0.3, -0.25) is 9.36 Å². The summed E-state index contributed by atoms with van der Waals surface area (Å²) in [7, 11) is 7.01. The van der Waals surface area contributed by atoms with E-state index in [2.05, 4.69) is 25.8 Å². The number of ether oxygens (including phenoxy) is 1. The topological polar surface area (TPSA) is 90.1 Å². The summed E-state index contributed by atoms with van der Waals surface area (Å²) in [5, 5.41) is 3.81. The first kappa shape index (κ1) is 31.2. The number of fused-ring (bicyclic) bond motifs is 1. The second kappa shape index (κ2) is 13.2. The van der Waals surface area contributed by atoms with Crippen molar-refractivity contribution < 1.29 is 17.9 Å². The van der Waals surface area contributed by atoms with Gasteiger partial charge in [0.25, 0.3) is 5.56 Å². The first-order chi connectivity index (χ1) is 21.1. The van der Waals surface area contributed by atoms with E-state index in [0.717, 1.165) is 23.6 Å². The molecule has 1 saturated carbocycles. The number of nitrogens with zero attached hydrogens (tertiary/aromatic N) is 6.